The van der Waals surface area contributed by atoms with Gasteiger partial charge >= 0.3 is 0 Å². The minimum Gasteiger partial charge on any atom is -0.383 e. The first kappa shape index (κ1) is 9.21. The summed E-state index contributed by atoms with van der Waals surface area (Å²) in [7, 11) is 0. The van der Waals surface area contributed by atoms with E-state index in [-0.39, 0.29) is 11.9 Å². The van der Waals surface area contributed by atoms with Crippen LogP contribution < -0.4 is 11.1 Å². The smallest absolute Gasteiger partial charge is 0.265 e. The Bertz CT molecular complexity index is 352. The lowest BCUT2D eigenvalue weighted by molar-refractivity contribution is 0.0856. The standard InChI is InChI=1S/C9H14N4O/c1-6-5-8(10)13(12-6)9(14)7-3-2-4-11-7/h5,7,11H,2-4,10H2,1H3/t7-/m0/s1. The summed E-state index contributed by atoms with van der Waals surface area (Å²) in [4.78, 5) is 11.8. The molecule has 2 heterocycles. The van der Waals surface area contributed by atoms with Crippen LogP contribution in [-0.2, 0) is 0 Å². The maximum Gasteiger partial charge on any atom is 0.265 e. The first-order valence-electron chi connectivity index (χ1n) is 4.78. The van der Waals surface area contributed by atoms with Gasteiger partial charge in [0.2, 0.25) is 0 Å². The van der Waals surface area contributed by atoms with E-state index in [1.54, 1.807) is 6.07 Å². The second-order valence-electron chi connectivity index (χ2n) is 3.61. The molecule has 5 heteroatoms. The van der Waals surface area contributed by atoms with Gasteiger partial charge in [0.1, 0.15) is 5.82 Å². The zero-order valence-corrected chi connectivity index (χ0v) is 8.16. The van der Waals surface area contributed by atoms with Crippen LogP contribution in [0.25, 0.3) is 0 Å². The van der Waals surface area contributed by atoms with Gasteiger partial charge in [0.05, 0.1) is 11.7 Å². The van der Waals surface area contributed by atoms with Gasteiger partial charge in [0.25, 0.3) is 5.91 Å². The lowest BCUT2D eigenvalue weighted by Gasteiger charge is -2.09. The minimum atomic E-state index is -0.114. The van der Waals surface area contributed by atoms with E-state index in [0.29, 0.717) is 5.82 Å². The SMILES string of the molecule is Cc1cc(N)n(C(=O)[C@@H]2CCCN2)n1. The van der Waals surface area contributed by atoms with Crippen molar-refractivity contribution in [2.24, 2.45) is 0 Å². The number of hydrogen-bond acceptors (Lipinski definition) is 4. The molecular weight excluding hydrogens is 180 g/mol. The Balaban J connectivity index is 2.21. The number of carbonyl (C=O) groups excluding carboxylic acids is 1. The van der Waals surface area contributed by atoms with Gasteiger partial charge in [-0.05, 0) is 26.3 Å². The first-order valence-corrected chi connectivity index (χ1v) is 4.78. The van der Waals surface area contributed by atoms with Gasteiger partial charge in [-0.15, -0.1) is 0 Å². The molecule has 1 aliphatic heterocycles. The molecule has 5 nitrogen and oxygen atoms in total. The molecule has 0 amide bonds. The molecule has 0 aromatic carbocycles. The molecule has 3 N–H and O–H groups in total. The largest absolute Gasteiger partial charge is 0.383 e. The molecule has 1 atom stereocenters. The van der Waals surface area contributed by atoms with E-state index >= 15 is 0 Å². The van der Waals surface area contributed by atoms with Gasteiger partial charge in [-0.1, -0.05) is 0 Å². The van der Waals surface area contributed by atoms with Gasteiger partial charge < -0.3 is 11.1 Å². The zero-order valence-electron chi connectivity index (χ0n) is 8.16. The number of carbonyl (C=O) groups is 1. The van der Waals surface area contributed by atoms with Gasteiger partial charge in [-0.25, -0.2) is 0 Å². The highest BCUT2D eigenvalue weighted by Crippen LogP contribution is 2.11. The number of nitrogen functional groups attached to an aromatic ring is 1. The number of nitrogens with one attached hydrogen (secondary N) is 1. The van der Waals surface area contributed by atoms with Crippen molar-refractivity contribution in [3.63, 3.8) is 0 Å². The van der Waals surface area contributed by atoms with Crippen molar-refractivity contribution in [2.75, 3.05) is 12.3 Å². The predicted octanol–water partition coefficient (Wildman–Crippen LogP) is 0.166. The Hall–Kier alpha value is -1.36. The topological polar surface area (TPSA) is 72.9 Å². The van der Waals surface area contributed by atoms with Crippen molar-refractivity contribution >= 4 is 11.7 Å². The summed E-state index contributed by atoms with van der Waals surface area (Å²) < 4.78 is 1.29. The Labute approximate surface area is 82.3 Å². The molecular formula is C9H14N4O. The Kier molecular flexibility index (Phi) is 2.25. The highest BCUT2D eigenvalue weighted by atomic mass is 16.2. The third-order valence-electron chi connectivity index (χ3n) is 2.43. The van der Waals surface area contributed by atoms with E-state index in [0.717, 1.165) is 25.1 Å². The van der Waals surface area contributed by atoms with Crippen molar-refractivity contribution < 1.29 is 4.79 Å². The fourth-order valence-corrected chi connectivity index (χ4v) is 1.74. The van der Waals surface area contributed by atoms with Crippen LogP contribution in [-0.4, -0.2) is 28.3 Å². The van der Waals surface area contributed by atoms with Crippen LogP contribution in [0.15, 0.2) is 6.07 Å². The number of aryl methyl sites for hydroxylation is 1. The summed E-state index contributed by atoms with van der Waals surface area (Å²) in [6.07, 6.45) is 1.91. The van der Waals surface area contributed by atoms with Crippen molar-refractivity contribution in [2.45, 2.75) is 25.8 Å². The lowest BCUT2D eigenvalue weighted by atomic mass is 10.2. The number of nitrogens with zero attached hydrogens (tertiary/aromatic N) is 2. The van der Waals surface area contributed by atoms with Crippen LogP contribution in [0.2, 0.25) is 0 Å². The fourth-order valence-electron chi connectivity index (χ4n) is 1.74. The molecule has 0 aliphatic carbocycles. The Morgan fingerprint density at radius 1 is 1.79 bits per heavy atom. The molecule has 14 heavy (non-hydrogen) atoms. The van der Waals surface area contributed by atoms with Crippen LogP contribution in [0, 0.1) is 6.92 Å². The zero-order chi connectivity index (χ0) is 10.1. The molecule has 1 saturated heterocycles. The highest BCUT2D eigenvalue weighted by molar-refractivity contribution is 5.86. The van der Waals surface area contributed by atoms with Crippen molar-refractivity contribution in [3.8, 4) is 0 Å². The predicted molar refractivity (Wildman–Crippen MR) is 53.0 cm³/mol. The molecule has 76 valence electrons. The average Bonchev–Trinajstić information content (AvgIpc) is 2.73. The molecule has 0 saturated carbocycles. The fraction of sp³-hybridized carbons (Fsp3) is 0.556. The van der Waals surface area contributed by atoms with E-state index in [1.807, 2.05) is 6.92 Å². The van der Waals surface area contributed by atoms with Crippen LogP contribution in [0.3, 0.4) is 0 Å². The number of hydrogen-bond donors (Lipinski definition) is 2. The van der Waals surface area contributed by atoms with E-state index in [9.17, 15) is 4.79 Å². The highest BCUT2D eigenvalue weighted by Gasteiger charge is 2.25. The van der Waals surface area contributed by atoms with E-state index in [1.165, 1.54) is 4.68 Å². The van der Waals surface area contributed by atoms with Crippen molar-refractivity contribution in [3.05, 3.63) is 11.8 Å². The maximum atomic E-state index is 11.8. The average molecular weight is 194 g/mol. The van der Waals surface area contributed by atoms with Crippen molar-refractivity contribution in [1.82, 2.24) is 15.1 Å². The summed E-state index contributed by atoms with van der Waals surface area (Å²) in [5.41, 5.74) is 6.43. The molecule has 1 aromatic heterocycles. The first-order chi connectivity index (χ1) is 6.68. The molecule has 0 spiro atoms. The monoisotopic (exact) mass is 194 g/mol. The normalized spacial score (nSPS) is 21.4. The van der Waals surface area contributed by atoms with Crippen LogP contribution in [0.1, 0.15) is 23.3 Å². The van der Waals surface area contributed by atoms with E-state index in [2.05, 4.69) is 10.4 Å². The number of rotatable bonds is 1. The molecule has 1 aliphatic rings. The summed E-state index contributed by atoms with van der Waals surface area (Å²) in [6.45, 7) is 2.72. The second-order valence-corrected chi connectivity index (χ2v) is 3.61. The molecule has 0 bridgehead atoms. The van der Waals surface area contributed by atoms with Crippen LogP contribution >= 0.6 is 0 Å². The number of aromatic nitrogens is 2. The molecule has 0 radical (unpaired) electrons. The van der Waals surface area contributed by atoms with Crippen molar-refractivity contribution in [1.29, 1.82) is 0 Å². The van der Waals surface area contributed by atoms with Crippen LogP contribution in [0.5, 0.6) is 0 Å². The maximum absolute atomic E-state index is 11.8. The van der Waals surface area contributed by atoms with Crippen LogP contribution in [0.4, 0.5) is 5.82 Å². The summed E-state index contributed by atoms with van der Waals surface area (Å²) in [5, 5.41) is 7.18. The van der Waals surface area contributed by atoms with E-state index in [4.69, 9.17) is 5.73 Å². The second kappa shape index (κ2) is 3.42. The third-order valence-corrected chi connectivity index (χ3v) is 2.43. The summed E-state index contributed by atoms with van der Waals surface area (Å²) in [6, 6.07) is 1.59. The lowest BCUT2D eigenvalue weighted by Crippen LogP contribution is -2.35. The number of anilines is 1. The summed E-state index contributed by atoms with van der Waals surface area (Å²) >= 11 is 0. The molecule has 1 fully saturated rings. The molecule has 1 aromatic rings. The Morgan fingerprint density at radius 2 is 2.57 bits per heavy atom. The summed E-state index contributed by atoms with van der Waals surface area (Å²) in [5.74, 6) is 0.370. The van der Waals surface area contributed by atoms with Gasteiger partial charge in [-0.3, -0.25) is 4.79 Å². The molecule has 0 unspecified atom stereocenters. The minimum absolute atomic E-state index is 0.0481. The molecule has 2 rings (SSSR count). The Morgan fingerprint density at radius 3 is 3.07 bits per heavy atom. The van der Waals surface area contributed by atoms with Gasteiger partial charge in [-0.2, -0.15) is 9.78 Å². The van der Waals surface area contributed by atoms with E-state index < -0.39 is 0 Å². The number of nitrogens with two attached hydrogens (primary N) is 1. The van der Waals surface area contributed by atoms with Gasteiger partial charge in [0, 0.05) is 6.07 Å². The third kappa shape index (κ3) is 1.50. The quantitative estimate of drug-likeness (QED) is 0.668. The van der Waals surface area contributed by atoms with Gasteiger partial charge in [0.15, 0.2) is 0 Å².